The standard InChI is InChI=1S/C19H22N6O2/c1-3-17(27-10-1)18-15(16-14-20-5-6-21-16)13-23-19(24-18)22-4-2-7-25-8-11-26-12-9-25/h1,3,5-6,10,13-14H,2,4,7-9,11-12H2,(H,22,23,24). The first-order valence-electron chi connectivity index (χ1n) is 9.11. The number of rotatable bonds is 7. The molecule has 0 amide bonds. The van der Waals surface area contributed by atoms with Crippen LogP contribution in [0.1, 0.15) is 6.42 Å². The van der Waals surface area contributed by atoms with Gasteiger partial charge in [-0.3, -0.25) is 14.9 Å². The fourth-order valence-corrected chi connectivity index (χ4v) is 3.02. The molecular weight excluding hydrogens is 344 g/mol. The summed E-state index contributed by atoms with van der Waals surface area (Å²) in [7, 11) is 0. The lowest BCUT2D eigenvalue weighted by molar-refractivity contribution is 0.0378. The van der Waals surface area contributed by atoms with E-state index in [1.807, 2.05) is 12.1 Å². The maximum absolute atomic E-state index is 5.56. The van der Waals surface area contributed by atoms with Crippen molar-refractivity contribution in [2.45, 2.75) is 6.42 Å². The van der Waals surface area contributed by atoms with Crippen LogP contribution in [0.3, 0.4) is 0 Å². The zero-order valence-electron chi connectivity index (χ0n) is 15.0. The largest absolute Gasteiger partial charge is 0.463 e. The van der Waals surface area contributed by atoms with Gasteiger partial charge in [-0.1, -0.05) is 0 Å². The molecule has 0 aliphatic carbocycles. The van der Waals surface area contributed by atoms with Crippen LogP contribution < -0.4 is 5.32 Å². The van der Waals surface area contributed by atoms with Gasteiger partial charge in [0.1, 0.15) is 5.69 Å². The van der Waals surface area contributed by atoms with E-state index < -0.39 is 0 Å². The minimum atomic E-state index is 0.580. The summed E-state index contributed by atoms with van der Waals surface area (Å²) in [5, 5.41) is 3.31. The van der Waals surface area contributed by atoms with E-state index in [1.54, 1.807) is 31.1 Å². The van der Waals surface area contributed by atoms with Gasteiger partial charge in [-0.2, -0.15) is 0 Å². The molecular formula is C19H22N6O2. The first kappa shape index (κ1) is 17.6. The molecule has 140 valence electrons. The Hall–Kier alpha value is -2.84. The van der Waals surface area contributed by atoms with Crippen LogP contribution >= 0.6 is 0 Å². The lowest BCUT2D eigenvalue weighted by atomic mass is 10.1. The number of hydrogen-bond acceptors (Lipinski definition) is 8. The smallest absolute Gasteiger partial charge is 0.223 e. The molecule has 0 radical (unpaired) electrons. The third kappa shape index (κ3) is 4.47. The second kappa shape index (κ2) is 8.70. The lowest BCUT2D eigenvalue weighted by Crippen LogP contribution is -2.37. The Balaban J connectivity index is 1.45. The highest BCUT2D eigenvalue weighted by molar-refractivity contribution is 5.76. The van der Waals surface area contributed by atoms with Crippen LogP contribution in [-0.2, 0) is 4.74 Å². The summed E-state index contributed by atoms with van der Waals surface area (Å²) in [6.45, 7) is 5.51. The van der Waals surface area contributed by atoms with Crippen molar-refractivity contribution in [3.8, 4) is 22.7 Å². The summed E-state index contributed by atoms with van der Waals surface area (Å²) >= 11 is 0. The molecule has 0 atom stereocenters. The predicted molar refractivity (Wildman–Crippen MR) is 101 cm³/mol. The molecule has 1 saturated heterocycles. The number of furan rings is 1. The number of nitrogens with zero attached hydrogens (tertiary/aromatic N) is 5. The molecule has 0 aromatic carbocycles. The number of aromatic nitrogens is 4. The normalized spacial score (nSPS) is 15.0. The van der Waals surface area contributed by atoms with Crippen molar-refractivity contribution in [1.82, 2.24) is 24.8 Å². The van der Waals surface area contributed by atoms with Crippen LogP contribution in [0.15, 0.2) is 47.6 Å². The SMILES string of the molecule is c1coc(-c2nc(NCCCN3CCOCC3)ncc2-c2cnccn2)c1. The molecule has 27 heavy (non-hydrogen) atoms. The number of hydrogen-bond donors (Lipinski definition) is 1. The van der Waals surface area contributed by atoms with E-state index in [4.69, 9.17) is 9.15 Å². The fourth-order valence-electron chi connectivity index (χ4n) is 3.02. The lowest BCUT2D eigenvalue weighted by Gasteiger charge is -2.26. The highest BCUT2D eigenvalue weighted by Crippen LogP contribution is 2.29. The summed E-state index contributed by atoms with van der Waals surface area (Å²) in [4.78, 5) is 20.0. The van der Waals surface area contributed by atoms with E-state index in [1.165, 1.54) is 0 Å². The van der Waals surface area contributed by atoms with E-state index >= 15 is 0 Å². The van der Waals surface area contributed by atoms with E-state index in [9.17, 15) is 0 Å². The number of ether oxygens (including phenoxy) is 1. The van der Waals surface area contributed by atoms with Gasteiger partial charge in [0.05, 0.1) is 31.4 Å². The zero-order chi connectivity index (χ0) is 18.3. The topological polar surface area (TPSA) is 89.2 Å². The molecule has 1 N–H and O–H groups in total. The van der Waals surface area contributed by atoms with Crippen molar-refractivity contribution < 1.29 is 9.15 Å². The molecule has 4 rings (SSSR count). The van der Waals surface area contributed by atoms with Gasteiger partial charge in [-0.15, -0.1) is 0 Å². The van der Waals surface area contributed by atoms with Gasteiger partial charge in [0.15, 0.2) is 5.76 Å². The highest BCUT2D eigenvalue weighted by Gasteiger charge is 2.15. The molecule has 1 aliphatic heterocycles. The molecule has 3 aromatic heterocycles. The van der Waals surface area contributed by atoms with Crippen molar-refractivity contribution in [3.63, 3.8) is 0 Å². The van der Waals surface area contributed by atoms with Crippen LogP contribution in [0.4, 0.5) is 5.95 Å². The summed E-state index contributed by atoms with van der Waals surface area (Å²) in [5.41, 5.74) is 2.20. The first-order valence-corrected chi connectivity index (χ1v) is 9.11. The van der Waals surface area contributed by atoms with Gasteiger partial charge in [0.25, 0.3) is 0 Å². The van der Waals surface area contributed by atoms with Gasteiger partial charge in [0.2, 0.25) is 5.95 Å². The second-order valence-electron chi connectivity index (χ2n) is 6.26. The second-order valence-corrected chi connectivity index (χ2v) is 6.26. The number of morpholine rings is 1. The fraction of sp³-hybridized carbons (Fsp3) is 0.368. The van der Waals surface area contributed by atoms with Crippen LogP contribution in [0.5, 0.6) is 0 Å². The number of nitrogens with one attached hydrogen (secondary N) is 1. The van der Waals surface area contributed by atoms with Gasteiger partial charge >= 0.3 is 0 Å². The predicted octanol–water partition coefficient (Wildman–Crippen LogP) is 2.33. The Bertz CT molecular complexity index is 835. The van der Waals surface area contributed by atoms with Gasteiger partial charge in [-0.25, -0.2) is 9.97 Å². The summed E-state index contributed by atoms with van der Waals surface area (Å²) in [6, 6.07) is 3.72. The Morgan fingerprint density at radius 1 is 1.11 bits per heavy atom. The van der Waals surface area contributed by atoms with E-state index in [-0.39, 0.29) is 0 Å². The minimum Gasteiger partial charge on any atom is -0.463 e. The maximum Gasteiger partial charge on any atom is 0.223 e. The van der Waals surface area contributed by atoms with Crippen LogP contribution in [-0.4, -0.2) is 64.2 Å². The summed E-state index contributed by atoms with van der Waals surface area (Å²) in [5.74, 6) is 1.26. The summed E-state index contributed by atoms with van der Waals surface area (Å²) in [6.07, 6.45) is 9.40. The maximum atomic E-state index is 5.56. The minimum absolute atomic E-state index is 0.580. The molecule has 8 heteroatoms. The molecule has 0 unspecified atom stereocenters. The van der Waals surface area contributed by atoms with Crippen molar-refractivity contribution in [2.24, 2.45) is 0 Å². The van der Waals surface area contributed by atoms with Crippen molar-refractivity contribution in [1.29, 1.82) is 0 Å². The average molecular weight is 366 g/mol. The Kier molecular flexibility index (Phi) is 5.66. The van der Waals surface area contributed by atoms with Crippen LogP contribution in [0.25, 0.3) is 22.7 Å². The molecule has 1 fully saturated rings. The molecule has 0 saturated carbocycles. The molecule has 4 heterocycles. The van der Waals surface area contributed by atoms with E-state index in [0.717, 1.165) is 51.4 Å². The molecule has 3 aromatic rings. The molecule has 0 bridgehead atoms. The molecule has 0 spiro atoms. The van der Waals surface area contributed by atoms with E-state index in [0.29, 0.717) is 23.1 Å². The van der Waals surface area contributed by atoms with Crippen molar-refractivity contribution >= 4 is 5.95 Å². The quantitative estimate of drug-likeness (QED) is 0.637. The molecule has 8 nitrogen and oxygen atoms in total. The number of anilines is 1. The Labute approximate surface area is 157 Å². The monoisotopic (exact) mass is 366 g/mol. The van der Waals surface area contributed by atoms with Crippen molar-refractivity contribution in [2.75, 3.05) is 44.7 Å². The third-order valence-electron chi connectivity index (χ3n) is 4.42. The third-order valence-corrected chi connectivity index (χ3v) is 4.42. The summed E-state index contributed by atoms with van der Waals surface area (Å²) < 4.78 is 10.9. The molecule has 1 aliphatic rings. The Morgan fingerprint density at radius 3 is 2.81 bits per heavy atom. The van der Waals surface area contributed by atoms with Gasteiger partial charge in [-0.05, 0) is 25.1 Å². The highest BCUT2D eigenvalue weighted by atomic mass is 16.5. The average Bonchev–Trinajstić information content (AvgIpc) is 3.27. The van der Waals surface area contributed by atoms with E-state index in [2.05, 4.69) is 30.2 Å². The Morgan fingerprint density at radius 2 is 2.04 bits per heavy atom. The van der Waals surface area contributed by atoms with Crippen LogP contribution in [0.2, 0.25) is 0 Å². The van der Waals surface area contributed by atoms with Gasteiger partial charge < -0.3 is 14.5 Å². The van der Waals surface area contributed by atoms with Crippen LogP contribution in [0, 0.1) is 0 Å². The first-order chi connectivity index (χ1) is 13.4. The van der Waals surface area contributed by atoms with Crippen molar-refractivity contribution in [3.05, 3.63) is 43.2 Å². The van der Waals surface area contributed by atoms with Gasteiger partial charge in [0, 0.05) is 43.8 Å². The zero-order valence-corrected chi connectivity index (χ0v) is 15.0.